The summed E-state index contributed by atoms with van der Waals surface area (Å²) in [5.74, 6) is -0.280. The fraction of sp³-hybridized carbons (Fsp3) is 0.333. The van der Waals surface area contributed by atoms with Crippen molar-refractivity contribution in [3.63, 3.8) is 0 Å². The van der Waals surface area contributed by atoms with Crippen molar-refractivity contribution in [2.75, 3.05) is 6.54 Å². The number of aromatic hydroxyl groups is 2. The molecule has 0 saturated heterocycles. The van der Waals surface area contributed by atoms with Crippen LogP contribution in [0, 0.1) is 0 Å². The summed E-state index contributed by atoms with van der Waals surface area (Å²) in [4.78, 5) is 0. The monoisotopic (exact) mass is 201 g/mol. The Morgan fingerprint density at radius 2 is 2.00 bits per heavy atom. The van der Waals surface area contributed by atoms with Gasteiger partial charge in [-0.15, -0.1) is 0 Å². The Morgan fingerprint density at radius 3 is 2.62 bits per heavy atom. The molecule has 4 heteroatoms. The molecule has 0 aliphatic heterocycles. The Labute approximate surface area is 81.8 Å². The molecular weight excluding hydrogens is 190 g/mol. The lowest BCUT2D eigenvalue weighted by Crippen LogP contribution is -2.00. The number of rotatable bonds is 3. The largest absolute Gasteiger partial charge is 0.504 e. The van der Waals surface area contributed by atoms with Crippen LogP contribution < -0.4 is 5.73 Å². The normalized spacial score (nSPS) is 10.3. The van der Waals surface area contributed by atoms with Crippen LogP contribution in [0.1, 0.15) is 12.0 Å². The second kappa shape index (κ2) is 4.35. The van der Waals surface area contributed by atoms with Gasteiger partial charge in [0.15, 0.2) is 11.5 Å². The highest BCUT2D eigenvalue weighted by molar-refractivity contribution is 6.31. The third-order valence-electron chi connectivity index (χ3n) is 1.84. The zero-order chi connectivity index (χ0) is 9.84. The van der Waals surface area contributed by atoms with Gasteiger partial charge >= 0.3 is 0 Å². The van der Waals surface area contributed by atoms with Crippen molar-refractivity contribution in [2.45, 2.75) is 12.8 Å². The number of nitrogens with two attached hydrogens (primary N) is 1. The first-order chi connectivity index (χ1) is 6.16. The zero-order valence-corrected chi connectivity index (χ0v) is 7.88. The maximum atomic E-state index is 9.43. The molecular formula is C9H12ClNO2. The number of halogens is 1. The Balaban J connectivity index is 2.96. The van der Waals surface area contributed by atoms with E-state index < -0.39 is 0 Å². The summed E-state index contributed by atoms with van der Waals surface area (Å²) in [6.45, 7) is 0.533. The molecule has 0 aliphatic rings. The van der Waals surface area contributed by atoms with Crippen molar-refractivity contribution in [2.24, 2.45) is 5.73 Å². The summed E-state index contributed by atoms with van der Waals surface area (Å²) in [5.41, 5.74) is 5.89. The van der Waals surface area contributed by atoms with E-state index in [1.54, 1.807) is 6.07 Å². The van der Waals surface area contributed by atoms with Gasteiger partial charge in [0.2, 0.25) is 0 Å². The van der Waals surface area contributed by atoms with Crippen molar-refractivity contribution >= 4 is 11.6 Å². The van der Waals surface area contributed by atoms with Gasteiger partial charge in [-0.2, -0.15) is 0 Å². The van der Waals surface area contributed by atoms with Crippen LogP contribution in [-0.4, -0.2) is 16.8 Å². The van der Waals surface area contributed by atoms with Gasteiger partial charge in [0, 0.05) is 10.6 Å². The molecule has 0 bridgehead atoms. The van der Waals surface area contributed by atoms with E-state index in [1.165, 1.54) is 6.07 Å². The van der Waals surface area contributed by atoms with Crippen molar-refractivity contribution in [3.05, 3.63) is 22.7 Å². The van der Waals surface area contributed by atoms with Gasteiger partial charge in [-0.25, -0.2) is 0 Å². The summed E-state index contributed by atoms with van der Waals surface area (Å²) in [6.07, 6.45) is 1.31. The van der Waals surface area contributed by atoms with Crippen LogP contribution in [0.2, 0.25) is 5.02 Å². The van der Waals surface area contributed by atoms with Crippen LogP contribution in [0.25, 0.3) is 0 Å². The minimum atomic E-state index is -0.142. The summed E-state index contributed by atoms with van der Waals surface area (Å²) in [6, 6.07) is 2.92. The Morgan fingerprint density at radius 1 is 1.31 bits per heavy atom. The van der Waals surface area contributed by atoms with Gasteiger partial charge in [0.25, 0.3) is 0 Å². The average molecular weight is 202 g/mol. The van der Waals surface area contributed by atoms with E-state index in [4.69, 9.17) is 17.3 Å². The molecule has 0 amide bonds. The number of hydrogen-bond acceptors (Lipinski definition) is 3. The fourth-order valence-corrected chi connectivity index (χ4v) is 1.36. The van der Waals surface area contributed by atoms with Crippen molar-refractivity contribution in [3.8, 4) is 11.5 Å². The van der Waals surface area contributed by atoms with Gasteiger partial charge in [0.05, 0.1) is 0 Å². The predicted octanol–water partition coefficient (Wildman–Crippen LogP) is 1.64. The maximum absolute atomic E-state index is 9.43. The van der Waals surface area contributed by atoms with E-state index in [0.29, 0.717) is 23.6 Å². The molecule has 0 aliphatic carbocycles. The number of benzene rings is 1. The van der Waals surface area contributed by atoms with E-state index >= 15 is 0 Å². The van der Waals surface area contributed by atoms with Gasteiger partial charge in [-0.3, -0.25) is 0 Å². The smallest absolute Gasteiger partial charge is 0.162 e. The molecule has 0 fully saturated rings. The van der Waals surface area contributed by atoms with E-state index in [-0.39, 0.29) is 11.5 Å². The van der Waals surface area contributed by atoms with Crippen LogP contribution >= 0.6 is 11.6 Å². The number of phenols is 2. The van der Waals surface area contributed by atoms with Crippen molar-refractivity contribution < 1.29 is 10.2 Å². The molecule has 0 heterocycles. The molecule has 0 spiro atoms. The molecule has 0 aromatic heterocycles. The van der Waals surface area contributed by atoms with Gasteiger partial charge in [-0.1, -0.05) is 11.6 Å². The Kier molecular flexibility index (Phi) is 3.39. The second-order valence-electron chi connectivity index (χ2n) is 2.79. The summed E-state index contributed by atoms with van der Waals surface area (Å²) < 4.78 is 0. The molecule has 0 radical (unpaired) electrons. The second-order valence-corrected chi connectivity index (χ2v) is 3.19. The molecule has 0 atom stereocenters. The molecule has 0 unspecified atom stereocenters. The van der Waals surface area contributed by atoms with Crippen LogP contribution in [0.3, 0.4) is 0 Å². The quantitative estimate of drug-likeness (QED) is 0.652. The lowest BCUT2D eigenvalue weighted by molar-refractivity contribution is 0.399. The molecule has 3 nitrogen and oxygen atoms in total. The molecule has 1 rings (SSSR count). The first-order valence-corrected chi connectivity index (χ1v) is 4.44. The standard InChI is InChI=1S/C9H12ClNO2/c10-7-3-4-8(12)9(13)6(7)2-1-5-11/h3-4,12-13H,1-2,5,11H2. The van der Waals surface area contributed by atoms with Crippen molar-refractivity contribution in [1.82, 2.24) is 0 Å². The Hall–Kier alpha value is -0.930. The minimum Gasteiger partial charge on any atom is -0.504 e. The van der Waals surface area contributed by atoms with Gasteiger partial charge in [-0.05, 0) is 31.5 Å². The van der Waals surface area contributed by atoms with Gasteiger partial charge < -0.3 is 15.9 Å². The van der Waals surface area contributed by atoms with Gasteiger partial charge in [0.1, 0.15) is 0 Å². The summed E-state index contributed by atoms with van der Waals surface area (Å²) in [7, 11) is 0. The molecule has 1 aromatic rings. The summed E-state index contributed by atoms with van der Waals surface area (Å²) >= 11 is 5.83. The highest BCUT2D eigenvalue weighted by atomic mass is 35.5. The highest BCUT2D eigenvalue weighted by Gasteiger charge is 2.09. The third kappa shape index (κ3) is 2.26. The zero-order valence-electron chi connectivity index (χ0n) is 7.13. The minimum absolute atomic E-state index is 0.138. The number of hydrogen-bond donors (Lipinski definition) is 3. The maximum Gasteiger partial charge on any atom is 0.162 e. The van der Waals surface area contributed by atoms with Crippen molar-refractivity contribution in [1.29, 1.82) is 0 Å². The fourth-order valence-electron chi connectivity index (χ4n) is 1.12. The lowest BCUT2D eigenvalue weighted by atomic mass is 10.1. The van der Waals surface area contributed by atoms with E-state index in [2.05, 4.69) is 0 Å². The molecule has 72 valence electrons. The number of phenolic OH excluding ortho intramolecular Hbond substituents is 2. The lowest BCUT2D eigenvalue weighted by Gasteiger charge is -2.07. The van der Waals surface area contributed by atoms with Crippen LogP contribution in [-0.2, 0) is 6.42 Å². The van der Waals surface area contributed by atoms with Crippen LogP contribution in [0.5, 0.6) is 11.5 Å². The Bertz CT molecular complexity index is 302. The van der Waals surface area contributed by atoms with Crippen LogP contribution in [0.15, 0.2) is 12.1 Å². The first kappa shape index (κ1) is 10.2. The highest BCUT2D eigenvalue weighted by Crippen LogP contribution is 2.34. The third-order valence-corrected chi connectivity index (χ3v) is 2.19. The van der Waals surface area contributed by atoms with E-state index in [0.717, 1.165) is 6.42 Å². The average Bonchev–Trinajstić information content (AvgIpc) is 2.12. The summed E-state index contributed by atoms with van der Waals surface area (Å²) in [5, 5.41) is 19.1. The molecule has 4 N–H and O–H groups in total. The van der Waals surface area contributed by atoms with E-state index in [1.807, 2.05) is 0 Å². The van der Waals surface area contributed by atoms with E-state index in [9.17, 15) is 10.2 Å². The molecule has 13 heavy (non-hydrogen) atoms. The SMILES string of the molecule is NCCCc1c(Cl)ccc(O)c1O. The molecule has 0 saturated carbocycles. The molecule has 1 aromatic carbocycles. The van der Waals surface area contributed by atoms with Crippen LogP contribution in [0.4, 0.5) is 0 Å². The predicted molar refractivity (Wildman–Crippen MR) is 52.2 cm³/mol. The topological polar surface area (TPSA) is 66.5 Å². The first-order valence-electron chi connectivity index (χ1n) is 4.06.